The molecule has 4 rings (SSSR count). The van der Waals surface area contributed by atoms with Gasteiger partial charge in [0.1, 0.15) is 0 Å². The number of guanidine groups is 1. The average Bonchev–Trinajstić information content (AvgIpc) is 3.46. The van der Waals surface area contributed by atoms with Crippen LogP contribution in [-0.4, -0.2) is 62.9 Å². The summed E-state index contributed by atoms with van der Waals surface area (Å²) in [4.78, 5) is 33.8. The summed E-state index contributed by atoms with van der Waals surface area (Å²) in [5, 5.41) is 6.53. The van der Waals surface area contributed by atoms with Crippen molar-refractivity contribution in [2.24, 2.45) is 28.7 Å². The van der Waals surface area contributed by atoms with Crippen molar-refractivity contribution in [1.29, 1.82) is 0 Å². The Morgan fingerprint density at radius 2 is 1.72 bits per heavy atom. The molecule has 2 amide bonds. The first-order valence-electron chi connectivity index (χ1n) is 11.8. The number of hydrogen-bond acceptors (Lipinski definition) is 4. The fraction of sp³-hybridized carbons (Fsp3) is 0.560. The number of aliphatic imine (C=N–C) groups is 1. The molecule has 32 heavy (non-hydrogen) atoms. The van der Waals surface area contributed by atoms with E-state index in [0.717, 1.165) is 31.8 Å². The van der Waals surface area contributed by atoms with E-state index in [1.54, 1.807) is 0 Å². The number of carbonyl (C=O) groups is 2. The predicted molar refractivity (Wildman–Crippen MR) is 128 cm³/mol. The molecule has 1 aromatic rings. The summed E-state index contributed by atoms with van der Waals surface area (Å²) in [6, 6.07) is 8.62. The molecule has 172 valence electrons. The van der Waals surface area contributed by atoms with Crippen LogP contribution in [0.1, 0.15) is 25.3 Å². The van der Waals surface area contributed by atoms with E-state index >= 15 is 0 Å². The molecule has 7 heteroatoms. The van der Waals surface area contributed by atoms with Crippen LogP contribution in [0.15, 0.2) is 41.4 Å². The lowest BCUT2D eigenvalue weighted by atomic mass is 9.85. The number of carbonyl (C=O) groups excluding carboxylic acids is 2. The number of hydrogen-bond donors (Lipinski definition) is 2. The van der Waals surface area contributed by atoms with Gasteiger partial charge in [-0.3, -0.25) is 19.5 Å². The minimum atomic E-state index is -0.119. The van der Waals surface area contributed by atoms with E-state index in [4.69, 9.17) is 0 Å². The standard InChI is InChI=1S/C25H35N5O2/c1-4-26-25(27-13-5-6-17-7-11-20(12-8-17)29(2)3)28-14-15-30-23(31)21-18-9-10-19(16-18)22(21)24(30)32/h7-12,18-19,21-22H,4-6,13-16H2,1-3H3,(H2,26,27,28). The van der Waals surface area contributed by atoms with E-state index in [9.17, 15) is 9.59 Å². The molecule has 1 saturated heterocycles. The van der Waals surface area contributed by atoms with Crippen molar-refractivity contribution >= 4 is 23.5 Å². The van der Waals surface area contributed by atoms with Crippen LogP contribution in [0.3, 0.4) is 0 Å². The highest BCUT2D eigenvalue weighted by Gasteiger charge is 2.58. The van der Waals surface area contributed by atoms with Crippen LogP contribution in [0.25, 0.3) is 0 Å². The first kappa shape index (κ1) is 22.4. The molecule has 7 nitrogen and oxygen atoms in total. The van der Waals surface area contributed by atoms with Crippen molar-refractivity contribution in [3.63, 3.8) is 0 Å². The van der Waals surface area contributed by atoms with E-state index in [-0.39, 0.29) is 35.5 Å². The van der Waals surface area contributed by atoms with Crippen LogP contribution in [0.2, 0.25) is 0 Å². The van der Waals surface area contributed by atoms with Gasteiger partial charge in [-0.1, -0.05) is 24.3 Å². The van der Waals surface area contributed by atoms with Crippen LogP contribution in [0.4, 0.5) is 5.69 Å². The van der Waals surface area contributed by atoms with Gasteiger partial charge in [-0.2, -0.15) is 0 Å². The SMILES string of the molecule is CCNC(=NCCCc1ccc(N(C)C)cc1)NCCN1C(=O)C2C3C=CC(C3)C2C1=O. The topological polar surface area (TPSA) is 77.0 Å². The minimum absolute atomic E-state index is 0.0147. The predicted octanol–water partition coefficient (Wildman–Crippen LogP) is 2.05. The smallest absolute Gasteiger partial charge is 0.233 e. The normalized spacial score (nSPS) is 26.1. The van der Waals surface area contributed by atoms with Gasteiger partial charge in [0, 0.05) is 46.0 Å². The first-order chi connectivity index (χ1) is 15.5. The lowest BCUT2D eigenvalue weighted by molar-refractivity contribution is -0.140. The third-order valence-corrected chi connectivity index (χ3v) is 6.88. The van der Waals surface area contributed by atoms with Crippen molar-refractivity contribution in [3.05, 3.63) is 42.0 Å². The second-order valence-corrected chi connectivity index (χ2v) is 9.18. The number of amides is 2. The fourth-order valence-corrected chi connectivity index (χ4v) is 5.25. The Balaban J connectivity index is 1.22. The monoisotopic (exact) mass is 437 g/mol. The zero-order valence-electron chi connectivity index (χ0n) is 19.4. The lowest BCUT2D eigenvalue weighted by Gasteiger charge is -2.18. The molecule has 1 saturated carbocycles. The summed E-state index contributed by atoms with van der Waals surface area (Å²) >= 11 is 0. The molecule has 0 aromatic heterocycles. The van der Waals surface area contributed by atoms with E-state index < -0.39 is 0 Å². The van der Waals surface area contributed by atoms with Crippen LogP contribution in [-0.2, 0) is 16.0 Å². The van der Waals surface area contributed by atoms with Gasteiger partial charge in [0.05, 0.1) is 11.8 Å². The molecule has 2 fully saturated rings. The number of anilines is 1. The average molecular weight is 438 g/mol. The van der Waals surface area contributed by atoms with E-state index in [1.165, 1.54) is 16.2 Å². The summed E-state index contributed by atoms with van der Waals surface area (Å²) in [5.74, 6) is 1.05. The molecular formula is C25H35N5O2. The Morgan fingerprint density at radius 1 is 1.06 bits per heavy atom. The lowest BCUT2D eigenvalue weighted by Crippen LogP contribution is -2.43. The Kier molecular flexibility index (Phi) is 6.82. The van der Waals surface area contributed by atoms with Gasteiger partial charge in [0.15, 0.2) is 5.96 Å². The van der Waals surface area contributed by atoms with E-state index in [0.29, 0.717) is 19.6 Å². The van der Waals surface area contributed by atoms with Crippen molar-refractivity contribution < 1.29 is 9.59 Å². The van der Waals surface area contributed by atoms with Crippen LogP contribution >= 0.6 is 0 Å². The fourth-order valence-electron chi connectivity index (χ4n) is 5.25. The minimum Gasteiger partial charge on any atom is -0.378 e. The Labute approximate surface area is 190 Å². The van der Waals surface area contributed by atoms with Crippen LogP contribution in [0.5, 0.6) is 0 Å². The van der Waals surface area contributed by atoms with Gasteiger partial charge >= 0.3 is 0 Å². The van der Waals surface area contributed by atoms with Gasteiger partial charge in [-0.15, -0.1) is 0 Å². The number of imide groups is 1. The van der Waals surface area contributed by atoms with E-state index in [1.807, 2.05) is 21.0 Å². The van der Waals surface area contributed by atoms with Crippen molar-refractivity contribution in [1.82, 2.24) is 15.5 Å². The second kappa shape index (κ2) is 9.76. The maximum Gasteiger partial charge on any atom is 0.233 e. The van der Waals surface area contributed by atoms with E-state index in [2.05, 4.69) is 56.9 Å². The molecule has 2 aliphatic carbocycles. The molecule has 3 aliphatic rings. The van der Waals surface area contributed by atoms with Gasteiger partial charge in [-0.25, -0.2) is 0 Å². The molecule has 4 atom stereocenters. The molecule has 0 spiro atoms. The van der Waals surface area contributed by atoms with Gasteiger partial charge in [0.2, 0.25) is 11.8 Å². The number of fused-ring (bicyclic) bond motifs is 5. The summed E-state index contributed by atoms with van der Waals surface area (Å²) < 4.78 is 0. The number of rotatable bonds is 9. The number of nitrogens with one attached hydrogen (secondary N) is 2. The summed E-state index contributed by atoms with van der Waals surface area (Å²) in [5.41, 5.74) is 2.51. The molecule has 1 heterocycles. The zero-order valence-corrected chi connectivity index (χ0v) is 19.4. The Bertz CT molecular complexity index is 862. The largest absolute Gasteiger partial charge is 0.378 e. The van der Waals surface area contributed by atoms with Crippen molar-refractivity contribution in [2.75, 3.05) is 45.2 Å². The van der Waals surface area contributed by atoms with Gasteiger partial charge in [0.25, 0.3) is 0 Å². The number of aryl methyl sites for hydroxylation is 1. The maximum atomic E-state index is 12.8. The third kappa shape index (κ3) is 4.52. The number of nitrogens with zero attached hydrogens (tertiary/aromatic N) is 3. The van der Waals surface area contributed by atoms with Crippen LogP contribution in [0, 0.1) is 23.7 Å². The second-order valence-electron chi connectivity index (χ2n) is 9.18. The van der Waals surface area contributed by atoms with Crippen molar-refractivity contribution in [2.45, 2.75) is 26.2 Å². The van der Waals surface area contributed by atoms with Crippen LogP contribution < -0.4 is 15.5 Å². The third-order valence-electron chi connectivity index (χ3n) is 6.88. The first-order valence-corrected chi connectivity index (χ1v) is 11.8. The molecule has 2 N–H and O–H groups in total. The van der Waals surface area contributed by atoms with Crippen molar-refractivity contribution in [3.8, 4) is 0 Å². The van der Waals surface area contributed by atoms with Gasteiger partial charge < -0.3 is 15.5 Å². The Morgan fingerprint density at radius 3 is 2.31 bits per heavy atom. The highest BCUT2D eigenvalue weighted by molar-refractivity contribution is 6.06. The maximum absolute atomic E-state index is 12.8. The number of benzene rings is 1. The summed E-state index contributed by atoms with van der Waals surface area (Å²) in [7, 11) is 4.09. The zero-order chi connectivity index (χ0) is 22.7. The molecule has 1 aromatic carbocycles. The number of likely N-dealkylation sites (tertiary alicyclic amines) is 1. The highest BCUT2D eigenvalue weighted by Crippen LogP contribution is 2.52. The molecule has 0 radical (unpaired) electrons. The summed E-state index contributed by atoms with van der Waals surface area (Å²) in [6.45, 7) is 4.41. The molecular weight excluding hydrogens is 402 g/mol. The highest BCUT2D eigenvalue weighted by atomic mass is 16.2. The summed E-state index contributed by atoms with van der Waals surface area (Å²) in [6.07, 6.45) is 7.17. The number of allylic oxidation sites excluding steroid dienone is 2. The Hall–Kier alpha value is -2.83. The van der Waals surface area contributed by atoms with Gasteiger partial charge in [-0.05, 0) is 55.7 Å². The molecule has 4 unspecified atom stereocenters. The molecule has 1 aliphatic heterocycles. The quantitative estimate of drug-likeness (QED) is 0.203. The molecule has 2 bridgehead atoms.